The van der Waals surface area contributed by atoms with Crippen LogP contribution in [0, 0.1) is 24.2 Å². The number of nitrogens with one attached hydrogen (secondary N) is 2. The summed E-state index contributed by atoms with van der Waals surface area (Å²) in [4.78, 5) is 23.1. The highest BCUT2D eigenvalue weighted by atomic mass is 16.4. The molecule has 122 valence electrons. The molecule has 0 fully saturated rings. The van der Waals surface area contributed by atoms with Crippen molar-refractivity contribution in [3.05, 3.63) is 47.2 Å². The average Bonchev–Trinajstić information content (AvgIpc) is 2.48. The molecule has 3 N–H and O–H groups in total. The number of rotatable bonds is 7. The SMILES string of the molecule is Cc1cccc(CN/C=C(/C#N)C(=O)NC(C(=O)O)C(C)C)c1. The van der Waals surface area contributed by atoms with E-state index in [0.29, 0.717) is 6.54 Å². The summed E-state index contributed by atoms with van der Waals surface area (Å²) in [6.45, 7) is 5.81. The molecular weight excluding hydrogens is 294 g/mol. The van der Waals surface area contributed by atoms with Crippen molar-refractivity contribution in [1.82, 2.24) is 10.6 Å². The third-order valence-electron chi connectivity index (χ3n) is 3.22. The second-order valence-electron chi connectivity index (χ2n) is 5.57. The van der Waals surface area contributed by atoms with Gasteiger partial charge in [-0.1, -0.05) is 43.7 Å². The van der Waals surface area contributed by atoms with Gasteiger partial charge in [0.05, 0.1) is 0 Å². The van der Waals surface area contributed by atoms with Crippen LogP contribution in [0.5, 0.6) is 0 Å². The van der Waals surface area contributed by atoms with Crippen LogP contribution in [0.3, 0.4) is 0 Å². The number of aliphatic carboxylic acids is 1. The van der Waals surface area contributed by atoms with E-state index < -0.39 is 17.9 Å². The van der Waals surface area contributed by atoms with E-state index in [2.05, 4.69) is 10.6 Å². The number of aryl methyl sites for hydroxylation is 1. The van der Waals surface area contributed by atoms with Gasteiger partial charge in [-0.2, -0.15) is 5.26 Å². The Hall–Kier alpha value is -2.81. The Labute approximate surface area is 135 Å². The van der Waals surface area contributed by atoms with Crippen LogP contribution in [0.2, 0.25) is 0 Å². The van der Waals surface area contributed by atoms with Crippen molar-refractivity contribution < 1.29 is 14.7 Å². The second kappa shape index (κ2) is 8.59. The molecule has 1 aromatic rings. The molecule has 1 unspecified atom stereocenters. The summed E-state index contributed by atoms with van der Waals surface area (Å²) in [6, 6.07) is 8.57. The van der Waals surface area contributed by atoms with Crippen LogP contribution < -0.4 is 10.6 Å². The minimum Gasteiger partial charge on any atom is -0.480 e. The number of amides is 1. The summed E-state index contributed by atoms with van der Waals surface area (Å²) < 4.78 is 0. The van der Waals surface area contributed by atoms with Gasteiger partial charge in [-0.05, 0) is 18.4 Å². The Morgan fingerprint density at radius 1 is 1.39 bits per heavy atom. The number of carboxylic acids is 1. The highest BCUT2D eigenvalue weighted by Gasteiger charge is 2.24. The standard InChI is InChI=1S/C17H21N3O3/c1-11(2)15(17(22)23)20-16(21)14(8-18)10-19-9-13-6-4-5-12(3)7-13/h4-7,10-11,15,19H,9H2,1-3H3,(H,20,21)(H,22,23)/b14-10-. The lowest BCUT2D eigenvalue weighted by Gasteiger charge is -2.17. The van der Waals surface area contributed by atoms with E-state index in [9.17, 15) is 9.59 Å². The molecule has 0 saturated carbocycles. The second-order valence-corrected chi connectivity index (χ2v) is 5.57. The Kier molecular flexibility index (Phi) is 6.81. The predicted molar refractivity (Wildman–Crippen MR) is 86.1 cm³/mol. The van der Waals surface area contributed by atoms with E-state index >= 15 is 0 Å². The molecular formula is C17H21N3O3. The van der Waals surface area contributed by atoms with Gasteiger partial charge in [-0.3, -0.25) is 4.79 Å². The monoisotopic (exact) mass is 315 g/mol. The highest BCUT2D eigenvalue weighted by Crippen LogP contribution is 2.05. The maximum atomic E-state index is 12.0. The lowest BCUT2D eigenvalue weighted by atomic mass is 10.0. The first-order chi connectivity index (χ1) is 10.8. The van der Waals surface area contributed by atoms with Gasteiger partial charge in [0, 0.05) is 12.7 Å². The van der Waals surface area contributed by atoms with Crippen molar-refractivity contribution in [3.8, 4) is 6.07 Å². The molecule has 0 heterocycles. The van der Waals surface area contributed by atoms with Crippen LogP contribution in [0.1, 0.15) is 25.0 Å². The van der Waals surface area contributed by atoms with Gasteiger partial charge in [0.2, 0.25) is 0 Å². The first-order valence-electron chi connectivity index (χ1n) is 7.28. The lowest BCUT2D eigenvalue weighted by Crippen LogP contribution is -2.44. The Balaban J connectivity index is 2.69. The molecule has 0 aliphatic rings. The number of nitrogens with zero attached hydrogens (tertiary/aromatic N) is 1. The fourth-order valence-electron chi connectivity index (χ4n) is 1.97. The van der Waals surface area contributed by atoms with Crippen molar-refractivity contribution in [2.45, 2.75) is 33.4 Å². The van der Waals surface area contributed by atoms with Crippen molar-refractivity contribution in [2.24, 2.45) is 5.92 Å². The van der Waals surface area contributed by atoms with Gasteiger partial charge in [-0.15, -0.1) is 0 Å². The van der Waals surface area contributed by atoms with Gasteiger partial charge in [-0.25, -0.2) is 4.79 Å². The van der Waals surface area contributed by atoms with E-state index in [1.807, 2.05) is 31.2 Å². The molecule has 23 heavy (non-hydrogen) atoms. The zero-order valence-electron chi connectivity index (χ0n) is 13.5. The van der Waals surface area contributed by atoms with Crippen LogP contribution in [0.25, 0.3) is 0 Å². The van der Waals surface area contributed by atoms with Crippen LogP contribution >= 0.6 is 0 Å². The molecule has 6 heteroatoms. The molecule has 0 aromatic heterocycles. The number of carbonyl (C=O) groups excluding carboxylic acids is 1. The number of benzene rings is 1. The first kappa shape index (κ1) is 18.2. The fourth-order valence-corrected chi connectivity index (χ4v) is 1.97. The highest BCUT2D eigenvalue weighted by molar-refractivity contribution is 5.99. The number of nitriles is 1. The molecule has 0 bridgehead atoms. The normalized spacial score (nSPS) is 12.4. The van der Waals surface area contributed by atoms with Crippen LogP contribution in [-0.4, -0.2) is 23.0 Å². The molecule has 1 atom stereocenters. The van der Waals surface area contributed by atoms with Crippen molar-refractivity contribution in [1.29, 1.82) is 5.26 Å². The average molecular weight is 315 g/mol. The van der Waals surface area contributed by atoms with Crippen LogP contribution in [-0.2, 0) is 16.1 Å². The molecule has 0 radical (unpaired) electrons. The summed E-state index contributed by atoms with van der Waals surface area (Å²) in [7, 11) is 0. The van der Waals surface area contributed by atoms with Crippen molar-refractivity contribution in [3.63, 3.8) is 0 Å². The van der Waals surface area contributed by atoms with E-state index in [1.54, 1.807) is 19.9 Å². The number of carbonyl (C=O) groups is 2. The maximum Gasteiger partial charge on any atom is 0.326 e. The lowest BCUT2D eigenvalue weighted by molar-refractivity contribution is -0.142. The topological polar surface area (TPSA) is 102 Å². The summed E-state index contributed by atoms with van der Waals surface area (Å²) in [5.41, 5.74) is 1.97. The maximum absolute atomic E-state index is 12.0. The Bertz CT molecular complexity index is 645. The summed E-state index contributed by atoms with van der Waals surface area (Å²) >= 11 is 0. The molecule has 1 amide bonds. The number of hydrogen-bond donors (Lipinski definition) is 3. The Morgan fingerprint density at radius 2 is 2.09 bits per heavy atom. The molecule has 0 saturated heterocycles. The minimum absolute atomic E-state index is 0.162. The fraction of sp³-hybridized carbons (Fsp3) is 0.353. The minimum atomic E-state index is -1.13. The third kappa shape index (κ3) is 5.83. The van der Waals surface area contributed by atoms with Gasteiger partial charge in [0.15, 0.2) is 0 Å². The van der Waals surface area contributed by atoms with Gasteiger partial charge in [0.25, 0.3) is 5.91 Å². The summed E-state index contributed by atoms with van der Waals surface area (Å²) in [5, 5.41) is 23.4. The first-order valence-corrected chi connectivity index (χ1v) is 7.28. The number of carboxylic acid groups (broad SMARTS) is 1. The summed E-state index contributed by atoms with van der Waals surface area (Å²) in [6.07, 6.45) is 1.30. The molecule has 0 spiro atoms. The van der Waals surface area contributed by atoms with Crippen LogP contribution in [0.15, 0.2) is 36.0 Å². The zero-order valence-corrected chi connectivity index (χ0v) is 13.5. The van der Waals surface area contributed by atoms with Crippen LogP contribution in [0.4, 0.5) is 0 Å². The number of hydrogen-bond acceptors (Lipinski definition) is 4. The molecule has 1 aromatic carbocycles. The van der Waals surface area contributed by atoms with Gasteiger partial charge < -0.3 is 15.7 Å². The van der Waals surface area contributed by atoms with Crippen molar-refractivity contribution >= 4 is 11.9 Å². The van der Waals surface area contributed by atoms with Crippen molar-refractivity contribution in [2.75, 3.05) is 0 Å². The molecule has 0 aliphatic carbocycles. The van der Waals surface area contributed by atoms with Gasteiger partial charge in [0.1, 0.15) is 17.7 Å². The van der Waals surface area contributed by atoms with Gasteiger partial charge >= 0.3 is 5.97 Å². The summed E-state index contributed by atoms with van der Waals surface area (Å²) in [5.74, 6) is -2.11. The molecule has 1 rings (SSSR count). The largest absolute Gasteiger partial charge is 0.480 e. The van der Waals surface area contributed by atoms with E-state index in [-0.39, 0.29) is 11.5 Å². The zero-order chi connectivity index (χ0) is 17.4. The predicted octanol–water partition coefficient (Wildman–Crippen LogP) is 1.72. The Morgan fingerprint density at radius 3 is 2.61 bits per heavy atom. The molecule has 0 aliphatic heterocycles. The van der Waals surface area contributed by atoms with E-state index in [4.69, 9.17) is 10.4 Å². The quantitative estimate of drug-likeness (QED) is 0.525. The molecule has 6 nitrogen and oxygen atoms in total. The smallest absolute Gasteiger partial charge is 0.326 e. The van der Waals surface area contributed by atoms with E-state index in [1.165, 1.54) is 6.20 Å². The third-order valence-corrected chi connectivity index (χ3v) is 3.22. The van der Waals surface area contributed by atoms with E-state index in [0.717, 1.165) is 11.1 Å².